The lowest BCUT2D eigenvalue weighted by Gasteiger charge is -2.16. The molecule has 0 saturated heterocycles. The lowest BCUT2D eigenvalue weighted by molar-refractivity contribution is 0.0961. The number of ketones is 1. The van der Waals surface area contributed by atoms with E-state index in [-0.39, 0.29) is 11.2 Å². The zero-order valence-corrected chi connectivity index (χ0v) is 10.4. The SMILES string of the molecule is CC(C)(C)CCC(=O)c1csc(CN)n1. The van der Waals surface area contributed by atoms with Crippen molar-refractivity contribution in [2.45, 2.75) is 40.2 Å². The van der Waals surface area contributed by atoms with Crippen LogP contribution in [0, 0.1) is 5.41 Å². The van der Waals surface area contributed by atoms with E-state index in [1.807, 2.05) is 0 Å². The van der Waals surface area contributed by atoms with E-state index in [0.717, 1.165) is 11.4 Å². The number of carbonyl (C=O) groups excluding carboxylic acids is 1. The smallest absolute Gasteiger partial charge is 0.182 e. The first-order valence-electron chi connectivity index (χ1n) is 5.10. The highest BCUT2D eigenvalue weighted by molar-refractivity contribution is 7.09. The van der Waals surface area contributed by atoms with Crippen LogP contribution in [-0.4, -0.2) is 10.8 Å². The van der Waals surface area contributed by atoms with Crippen molar-refractivity contribution in [3.8, 4) is 0 Å². The van der Waals surface area contributed by atoms with Gasteiger partial charge in [0.2, 0.25) is 0 Å². The summed E-state index contributed by atoms with van der Waals surface area (Å²) in [5.74, 6) is 0.126. The monoisotopic (exact) mass is 226 g/mol. The lowest BCUT2D eigenvalue weighted by Crippen LogP contribution is -2.09. The number of hydrogen-bond donors (Lipinski definition) is 1. The lowest BCUT2D eigenvalue weighted by atomic mass is 9.89. The van der Waals surface area contributed by atoms with Crippen molar-refractivity contribution in [2.24, 2.45) is 11.1 Å². The molecular formula is C11H18N2OS. The second-order valence-electron chi connectivity index (χ2n) is 4.81. The van der Waals surface area contributed by atoms with Gasteiger partial charge in [0.15, 0.2) is 5.78 Å². The number of carbonyl (C=O) groups is 1. The van der Waals surface area contributed by atoms with Gasteiger partial charge in [0, 0.05) is 18.3 Å². The molecule has 84 valence electrons. The molecule has 0 fully saturated rings. The summed E-state index contributed by atoms with van der Waals surface area (Å²) < 4.78 is 0. The third-order valence-electron chi connectivity index (χ3n) is 2.11. The topological polar surface area (TPSA) is 56.0 Å². The molecule has 1 heterocycles. The summed E-state index contributed by atoms with van der Waals surface area (Å²) in [6.45, 7) is 6.81. The Labute approximate surface area is 94.7 Å². The zero-order valence-electron chi connectivity index (χ0n) is 9.54. The molecule has 0 bridgehead atoms. The third kappa shape index (κ3) is 4.10. The van der Waals surface area contributed by atoms with Gasteiger partial charge in [-0.25, -0.2) is 4.98 Å². The fourth-order valence-electron chi connectivity index (χ4n) is 1.15. The Morgan fingerprint density at radius 3 is 2.67 bits per heavy atom. The molecule has 0 unspecified atom stereocenters. The molecule has 0 atom stereocenters. The molecule has 0 radical (unpaired) electrons. The molecular weight excluding hydrogens is 208 g/mol. The van der Waals surface area contributed by atoms with Crippen LogP contribution in [0.4, 0.5) is 0 Å². The number of aromatic nitrogens is 1. The Morgan fingerprint density at radius 1 is 1.53 bits per heavy atom. The summed E-state index contributed by atoms with van der Waals surface area (Å²) >= 11 is 1.45. The first-order chi connectivity index (χ1) is 6.92. The summed E-state index contributed by atoms with van der Waals surface area (Å²) in [6, 6.07) is 0. The standard InChI is InChI=1S/C11H18N2OS/c1-11(2,3)5-4-9(14)8-7-15-10(6-12)13-8/h7H,4-6,12H2,1-3H3. The minimum atomic E-state index is 0.126. The van der Waals surface area contributed by atoms with E-state index in [0.29, 0.717) is 18.7 Å². The van der Waals surface area contributed by atoms with Crippen LogP contribution in [0.15, 0.2) is 5.38 Å². The summed E-state index contributed by atoms with van der Waals surface area (Å²) in [4.78, 5) is 15.9. The predicted molar refractivity (Wildman–Crippen MR) is 63.0 cm³/mol. The summed E-state index contributed by atoms with van der Waals surface area (Å²) in [6.07, 6.45) is 1.46. The number of hydrogen-bond acceptors (Lipinski definition) is 4. The number of rotatable bonds is 4. The van der Waals surface area contributed by atoms with Crippen LogP contribution < -0.4 is 5.73 Å². The second kappa shape index (κ2) is 4.86. The van der Waals surface area contributed by atoms with E-state index in [1.165, 1.54) is 11.3 Å². The van der Waals surface area contributed by atoms with E-state index >= 15 is 0 Å². The van der Waals surface area contributed by atoms with Gasteiger partial charge in [-0.2, -0.15) is 0 Å². The van der Waals surface area contributed by atoms with E-state index in [1.54, 1.807) is 5.38 Å². The van der Waals surface area contributed by atoms with Crippen molar-refractivity contribution in [3.05, 3.63) is 16.1 Å². The largest absolute Gasteiger partial charge is 0.325 e. The van der Waals surface area contributed by atoms with Gasteiger partial charge in [0.1, 0.15) is 10.7 Å². The molecule has 0 spiro atoms. The number of Topliss-reactive ketones (excluding diaryl/α,β-unsaturated/α-hetero) is 1. The van der Waals surface area contributed by atoms with Crippen LogP contribution in [-0.2, 0) is 6.54 Å². The Bertz CT molecular complexity index is 339. The molecule has 0 aromatic carbocycles. The van der Waals surface area contributed by atoms with Gasteiger partial charge in [0.05, 0.1) is 0 Å². The van der Waals surface area contributed by atoms with Crippen molar-refractivity contribution < 1.29 is 4.79 Å². The zero-order chi connectivity index (χ0) is 11.5. The van der Waals surface area contributed by atoms with Gasteiger partial charge in [-0.1, -0.05) is 20.8 Å². The summed E-state index contributed by atoms with van der Waals surface area (Å²) in [5.41, 5.74) is 6.21. The van der Waals surface area contributed by atoms with Gasteiger partial charge in [-0.3, -0.25) is 4.79 Å². The highest BCUT2D eigenvalue weighted by Crippen LogP contribution is 2.22. The van der Waals surface area contributed by atoms with Gasteiger partial charge in [0.25, 0.3) is 0 Å². The molecule has 0 amide bonds. The van der Waals surface area contributed by atoms with E-state index in [2.05, 4.69) is 25.8 Å². The van der Waals surface area contributed by atoms with Gasteiger partial charge in [-0.05, 0) is 11.8 Å². The first-order valence-corrected chi connectivity index (χ1v) is 5.98. The molecule has 0 aliphatic heterocycles. The molecule has 3 nitrogen and oxygen atoms in total. The van der Waals surface area contributed by atoms with Gasteiger partial charge in [-0.15, -0.1) is 11.3 Å². The fraction of sp³-hybridized carbons (Fsp3) is 0.636. The number of nitrogens with two attached hydrogens (primary N) is 1. The van der Waals surface area contributed by atoms with Crippen molar-refractivity contribution in [1.82, 2.24) is 4.98 Å². The molecule has 2 N–H and O–H groups in total. The van der Waals surface area contributed by atoms with Crippen LogP contribution in [0.1, 0.15) is 49.1 Å². The highest BCUT2D eigenvalue weighted by Gasteiger charge is 2.15. The molecule has 15 heavy (non-hydrogen) atoms. The average molecular weight is 226 g/mol. The molecule has 0 aliphatic rings. The Kier molecular flexibility index (Phi) is 3.99. The highest BCUT2D eigenvalue weighted by atomic mass is 32.1. The Morgan fingerprint density at radius 2 is 2.20 bits per heavy atom. The van der Waals surface area contributed by atoms with Crippen LogP contribution in [0.25, 0.3) is 0 Å². The maximum absolute atomic E-state index is 11.7. The summed E-state index contributed by atoms with van der Waals surface area (Å²) in [7, 11) is 0. The van der Waals surface area contributed by atoms with Crippen LogP contribution in [0.3, 0.4) is 0 Å². The second-order valence-corrected chi connectivity index (χ2v) is 5.76. The predicted octanol–water partition coefficient (Wildman–Crippen LogP) is 2.61. The maximum Gasteiger partial charge on any atom is 0.182 e. The van der Waals surface area contributed by atoms with Gasteiger partial charge < -0.3 is 5.73 Å². The van der Waals surface area contributed by atoms with Crippen molar-refractivity contribution in [1.29, 1.82) is 0 Å². The fourth-order valence-corrected chi connectivity index (χ4v) is 1.83. The van der Waals surface area contributed by atoms with Crippen LogP contribution >= 0.6 is 11.3 Å². The molecule has 4 heteroatoms. The molecule has 0 saturated carbocycles. The van der Waals surface area contributed by atoms with E-state index in [9.17, 15) is 4.79 Å². The van der Waals surface area contributed by atoms with Crippen molar-refractivity contribution in [3.63, 3.8) is 0 Å². The summed E-state index contributed by atoms with van der Waals surface area (Å²) in [5, 5.41) is 2.63. The minimum absolute atomic E-state index is 0.126. The molecule has 0 aliphatic carbocycles. The molecule has 1 aromatic rings. The van der Waals surface area contributed by atoms with E-state index in [4.69, 9.17) is 5.73 Å². The quantitative estimate of drug-likeness (QED) is 0.803. The van der Waals surface area contributed by atoms with Gasteiger partial charge >= 0.3 is 0 Å². The third-order valence-corrected chi connectivity index (χ3v) is 2.99. The van der Waals surface area contributed by atoms with Crippen molar-refractivity contribution in [2.75, 3.05) is 0 Å². The minimum Gasteiger partial charge on any atom is -0.325 e. The molecule has 1 aromatic heterocycles. The van der Waals surface area contributed by atoms with Crippen molar-refractivity contribution >= 4 is 17.1 Å². The van der Waals surface area contributed by atoms with E-state index < -0.39 is 0 Å². The number of nitrogens with zero attached hydrogens (tertiary/aromatic N) is 1. The Balaban J connectivity index is 2.54. The maximum atomic E-state index is 11.7. The average Bonchev–Trinajstić information content (AvgIpc) is 2.61. The molecule has 1 rings (SSSR count). The number of thiazole rings is 1. The van der Waals surface area contributed by atoms with Crippen LogP contribution in [0.5, 0.6) is 0 Å². The normalized spacial score (nSPS) is 11.7. The van der Waals surface area contributed by atoms with Crippen LogP contribution in [0.2, 0.25) is 0 Å². The Hall–Kier alpha value is -0.740. The first kappa shape index (κ1) is 12.3.